The number of anilines is 1. The Balaban J connectivity index is 1.93. The van der Waals surface area contributed by atoms with E-state index >= 15 is 0 Å². The van der Waals surface area contributed by atoms with E-state index in [2.05, 4.69) is 15.1 Å². The summed E-state index contributed by atoms with van der Waals surface area (Å²) < 4.78 is 85.6. The van der Waals surface area contributed by atoms with Crippen LogP contribution in [0.3, 0.4) is 0 Å². The van der Waals surface area contributed by atoms with E-state index in [1.807, 2.05) is 22.6 Å². The molecule has 0 radical (unpaired) electrons. The van der Waals surface area contributed by atoms with Crippen LogP contribution in [0.25, 0.3) is 15.5 Å². The van der Waals surface area contributed by atoms with Crippen LogP contribution in [0.5, 0.6) is 5.88 Å². The first-order chi connectivity index (χ1) is 15.4. The highest BCUT2D eigenvalue weighted by molar-refractivity contribution is 14.1. The van der Waals surface area contributed by atoms with Gasteiger partial charge in [0.2, 0.25) is 10.8 Å². The Morgan fingerprint density at radius 3 is 2.55 bits per heavy atom. The van der Waals surface area contributed by atoms with Crippen molar-refractivity contribution in [1.82, 2.24) is 19.6 Å². The summed E-state index contributed by atoms with van der Waals surface area (Å²) in [4.78, 5) is 7.61. The van der Waals surface area contributed by atoms with Gasteiger partial charge in [-0.15, -0.1) is 3.71 Å². The van der Waals surface area contributed by atoms with Crippen molar-refractivity contribution in [1.29, 1.82) is 0 Å². The van der Waals surface area contributed by atoms with Gasteiger partial charge in [-0.1, -0.05) is 11.3 Å². The smallest absolute Gasteiger partial charge is 0.335 e. The first kappa shape index (κ1) is 24.0. The summed E-state index contributed by atoms with van der Waals surface area (Å²) in [5.41, 5.74) is -0.424. The van der Waals surface area contributed by atoms with Crippen molar-refractivity contribution < 1.29 is 30.4 Å². The molecule has 0 aliphatic heterocycles. The Morgan fingerprint density at radius 2 is 1.94 bits per heavy atom. The van der Waals surface area contributed by atoms with Gasteiger partial charge in [0.1, 0.15) is 30.9 Å². The molecule has 0 atom stereocenters. The zero-order valence-electron chi connectivity index (χ0n) is 16.0. The SMILES string of the molecule is COc1ncc(-c2nn3cc(I)nc3s2)cc1N(S(=O)(=O)Cl)S(=O)(=O)c1ccc(F)cc1F. The van der Waals surface area contributed by atoms with Gasteiger partial charge in [0.25, 0.3) is 10.0 Å². The van der Waals surface area contributed by atoms with Crippen LogP contribution in [0.15, 0.2) is 41.6 Å². The van der Waals surface area contributed by atoms with Crippen LogP contribution in [0.4, 0.5) is 14.5 Å². The van der Waals surface area contributed by atoms with Crippen LogP contribution in [0, 0.1) is 15.3 Å². The summed E-state index contributed by atoms with van der Waals surface area (Å²) in [6.07, 6.45) is 2.92. The van der Waals surface area contributed by atoms with Crippen molar-refractivity contribution >= 4 is 74.5 Å². The van der Waals surface area contributed by atoms with Crippen LogP contribution < -0.4 is 8.45 Å². The molecule has 0 amide bonds. The van der Waals surface area contributed by atoms with Crippen LogP contribution in [0.2, 0.25) is 0 Å². The van der Waals surface area contributed by atoms with Crippen molar-refractivity contribution in [3.8, 4) is 16.5 Å². The van der Waals surface area contributed by atoms with Crippen molar-refractivity contribution in [2.75, 3.05) is 10.8 Å². The molecular weight excluding hydrogens is 639 g/mol. The minimum Gasteiger partial charge on any atom is -0.479 e. The number of nitrogens with zero attached hydrogens (tertiary/aromatic N) is 5. The molecule has 3 heterocycles. The van der Waals surface area contributed by atoms with E-state index in [1.54, 1.807) is 6.20 Å². The molecular formula is C16H9ClF2IN5O5S3. The number of rotatable bonds is 6. The summed E-state index contributed by atoms with van der Waals surface area (Å²) in [7, 11) is -3.72. The van der Waals surface area contributed by atoms with Crippen LogP contribution in [0.1, 0.15) is 0 Å². The highest BCUT2D eigenvalue weighted by Gasteiger charge is 2.39. The van der Waals surface area contributed by atoms with Crippen LogP contribution in [-0.2, 0) is 19.3 Å². The van der Waals surface area contributed by atoms with Crippen LogP contribution in [-0.4, -0.2) is 43.5 Å². The van der Waals surface area contributed by atoms with E-state index in [9.17, 15) is 25.6 Å². The van der Waals surface area contributed by atoms with Crippen molar-refractivity contribution in [2.24, 2.45) is 0 Å². The molecule has 0 bridgehead atoms. The first-order valence-electron chi connectivity index (χ1n) is 8.43. The third kappa shape index (κ3) is 4.48. The molecule has 0 aliphatic carbocycles. The topological polar surface area (TPSA) is 124 Å². The third-order valence-electron chi connectivity index (χ3n) is 4.07. The minimum absolute atomic E-state index is 0.205. The highest BCUT2D eigenvalue weighted by atomic mass is 127. The van der Waals surface area contributed by atoms with Gasteiger partial charge < -0.3 is 4.74 Å². The summed E-state index contributed by atoms with van der Waals surface area (Å²) in [6.45, 7) is 0. The monoisotopic (exact) mass is 647 g/mol. The molecule has 1 aromatic carbocycles. The number of aromatic nitrogens is 4. The molecule has 17 heteroatoms. The molecule has 4 rings (SSSR count). The van der Waals surface area contributed by atoms with Gasteiger partial charge in [0.15, 0.2) is 0 Å². The molecule has 0 spiro atoms. The molecule has 174 valence electrons. The number of imidazole rings is 1. The van der Waals surface area contributed by atoms with E-state index in [1.165, 1.54) is 10.7 Å². The number of fused-ring (bicyclic) bond motifs is 1. The normalized spacial score (nSPS) is 12.3. The molecule has 4 aromatic rings. The number of hydrogen-bond acceptors (Lipinski definition) is 9. The second kappa shape index (κ2) is 8.57. The quantitative estimate of drug-likeness (QED) is 0.231. The highest BCUT2D eigenvalue weighted by Crippen LogP contribution is 2.38. The maximum Gasteiger partial charge on any atom is 0.335 e. The summed E-state index contributed by atoms with van der Waals surface area (Å²) >= 11 is 3.13. The lowest BCUT2D eigenvalue weighted by Crippen LogP contribution is -2.35. The van der Waals surface area contributed by atoms with E-state index in [4.69, 9.17) is 15.4 Å². The summed E-state index contributed by atoms with van der Waals surface area (Å²) in [5, 5.41) is 4.62. The van der Waals surface area contributed by atoms with Crippen molar-refractivity contribution in [2.45, 2.75) is 4.90 Å². The molecule has 3 aromatic heterocycles. The molecule has 0 fully saturated rings. The average molecular weight is 648 g/mol. The number of ether oxygens (including phenoxy) is 1. The Kier molecular flexibility index (Phi) is 6.23. The molecule has 0 unspecified atom stereocenters. The summed E-state index contributed by atoms with van der Waals surface area (Å²) in [5.74, 6) is -3.01. The van der Waals surface area contributed by atoms with Crippen molar-refractivity contribution in [3.05, 3.63) is 52.0 Å². The lowest BCUT2D eigenvalue weighted by molar-refractivity contribution is 0.399. The predicted molar refractivity (Wildman–Crippen MR) is 124 cm³/mol. The maximum atomic E-state index is 14.3. The standard InChI is InChI=1S/C16H9ClF2IN5O5S3/c1-30-14-11(4-8(6-21-14)15-23-24-7-13(20)22-16(24)31-15)25(33(17,28)29)32(26,27)12-3-2-9(18)5-10(12)19/h2-7H,1H3. The Hall–Kier alpha value is -2.15. The molecule has 0 saturated heterocycles. The first-order valence-corrected chi connectivity index (χ1v) is 14.0. The fourth-order valence-electron chi connectivity index (χ4n) is 2.77. The largest absolute Gasteiger partial charge is 0.479 e. The van der Waals surface area contributed by atoms with Gasteiger partial charge in [-0.05, 0) is 40.8 Å². The van der Waals surface area contributed by atoms with Crippen LogP contribution >= 0.6 is 44.6 Å². The Labute approximate surface area is 207 Å². The van der Waals surface area contributed by atoms with Gasteiger partial charge in [-0.2, -0.15) is 21.9 Å². The minimum atomic E-state index is -5.19. The zero-order chi connectivity index (χ0) is 24.1. The molecule has 0 saturated carbocycles. The van der Waals surface area contributed by atoms with Gasteiger partial charge in [0, 0.05) is 28.5 Å². The predicted octanol–water partition coefficient (Wildman–Crippen LogP) is 3.42. The van der Waals surface area contributed by atoms with E-state index < -0.39 is 47.4 Å². The third-order valence-corrected chi connectivity index (χ3v) is 9.51. The molecule has 0 aliphatic rings. The second-order valence-corrected chi connectivity index (χ2v) is 12.6. The number of hydrogen-bond donors (Lipinski definition) is 0. The van der Waals surface area contributed by atoms with E-state index in [0.29, 0.717) is 31.9 Å². The Bertz CT molecular complexity index is 1580. The zero-order valence-corrected chi connectivity index (χ0v) is 21.3. The summed E-state index contributed by atoms with van der Waals surface area (Å²) in [6, 6.07) is 2.64. The van der Waals surface area contributed by atoms with Gasteiger partial charge >= 0.3 is 9.24 Å². The molecule has 33 heavy (non-hydrogen) atoms. The maximum absolute atomic E-state index is 14.3. The number of halogens is 4. The number of methoxy groups -OCH3 is 1. The van der Waals surface area contributed by atoms with Crippen molar-refractivity contribution in [3.63, 3.8) is 0 Å². The average Bonchev–Trinajstić information content (AvgIpc) is 3.23. The molecule has 10 nitrogen and oxygen atoms in total. The van der Waals surface area contributed by atoms with Gasteiger partial charge in [-0.3, -0.25) is 0 Å². The fourth-order valence-corrected chi connectivity index (χ4v) is 7.84. The van der Waals surface area contributed by atoms with E-state index in [0.717, 1.165) is 24.5 Å². The lowest BCUT2D eigenvalue weighted by Gasteiger charge is -2.22. The number of benzene rings is 1. The second-order valence-electron chi connectivity index (χ2n) is 6.17. The fraction of sp³-hybridized carbons (Fsp3) is 0.0625. The van der Waals surface area contributed by atoms with Gasteiger partial charge in [-0.25, -0.2) is 23.3 Å². The molecule has 0 N–H and O–H groups in total. The number of pyridine rings is 1. The van der Waals surface area contributed by atoms with E-state index in [-0.39, 0.29) is 9.27 Å². The Morgan fingerprint density at radius 1 is 1.21 bits per heavy atom. The lowest BCUT2D eigenvalue weighted by atomic mass is 10.3. The number of sulfonamides is 1. The van der Waals surface area contributed by atoms with Gasteiger partial charge in [0.05, 0.1) is 13.3 Å².